The van der Waals surface area contributed by atoms with Crippen LogP contribution in [-0.2, 0) is 7.05 Å². The van der Waals surface area contributed by atoms with E-state index in [9.17, 15) is 4.79 Å². The van der Waals surface area contributed by atoms with E-state index in [1.165, 1.54) is 0 Å². The minimum absolute atomic E-state index is 0.0657. The highest BCUT2D eigenvalue weighted by Gasteiger charge is 2.30. The highest BCUT2D eigenvalue weighted by atomic mass is 16.2. The first-order valence-electron chi connectivity index (χ1n) is 8.22. The summed E-state index contributed by atoms with van der Waals surface area (Å²) in [5, 5.41) is 9.01. The summed E-state index contributed by atoms with van der Waals surface area (Å²) in [7, 11) is 1.84. The molecule has 0 spiro atoms. The summed E-state index contributed by atoms with van der Waals surface area (Å²) in [4.78, 5) is 14.7. The molecule has 2 aromatic rings. The lowest BCUT2D eigenvalue weighted by Gasteiger charge is -2.17. The Morgan fingerprint density at radius 1 is 1.26 bits per heavy atom. The number of carbonyl (C=O) groups is 1. The molecule has 0 unspecified atom stereocenters. The van der Waals surface area contributed by atoms with Gasteiger partial charge in [0.25, 0.3) is 5.91 Å². The third kappa shape index (κ3) is 2.90. The Hall–Kier alpha value is -2.11. The van der Waals surface area contributed by atoms with E-state index in [2.05, 4.69) is 41.7 Å². The lowest BCUT2D eigenvalue weighted by atomic mass is 10.1. The molecule has 3 rings (SSSR count). The van der Waals surface area contributed by atoms with Crippen molar-refractivity contribution in [2.75, 3.05) is 13.1 Å². The molecule has 124 valence electrons. The molecule has 1 saturated heterocycles. The molecule has 0 bridgehead atoms. The van der Waals surface area contributed by atoms with Crippen molar-refractivity contribution in [1.82, 2.24) is 24.5 Å². The van der Waals surface area contributed by atoms with Crippen LogP contribution in [0.2, 0.25) is 0 Å². The minimum Gasteiger partial charge on any atom is -0.335 e. The van der Waals surface area contributed by atoms with Crippen molar-refractivity contribution in [3.63, 3.8) is 0 Å². The average Bonchev–Trinajstić information content (AvgIpc) is 3.16. The topological polar surface area (TPSA) is 56.0 Å². The number of hydrogen-bond acceptors (Lipinski definition) is 3. The van der Waals surface area contributed by atoms with E-state index in [-0.39, 0.29) is 11.9 Å². The Bertz CT molecular complexity index is 727. The molecule has 2 aromatic heterocycles. The second-order valence-electron chi connectivity index (χ2n) is 6.80. The van der Waals surface area contributed by atoms with Crippen molar-refractivity contribution < 1.29 is 4.79 Å². The maximum atomic E-state index is 12.8. The molecule has 0 saturated carbocycles. The van der Waals surface area contributed by atoms with E-state index in [0.29, 0.717) is 18.2 Å². The Morgan fingerprint density at radius 2 is 2.00 bits per heavy atom. The van der Waals surface area contributed by atoms with E-state index < -0.39 is 0 Å². The predicted octanol–water partition coefficient (Wildman–Crippen LogP) is 2.44. The zero-order valence-corrected chi connectivity index (χ0v) is 14.6. The van der Waals surface area contributed by atoms with Crippen molar-refractivity contribution in [3.05, 3.63) is 34.9 Å². The van der Waals surface area contributed by atoms with Gasteiger partial charge in [-0.25, -0.2) is 0 Å². The molecule has 0 aromatic carbocycles. The molecule has 1 amide bonds. The first-order chi connectivity index (χ1) is 10.9. The third-order valence-corrected chi connectivity index (χ3v) is 4.55. The Kier molecular flexibility index (Phi) is 4.00. The molecule has 3 heterocycles. The van der Waals surface area contributed by atoms with E-state index >= 15 is 0 Å². The summed E-state index contributed by atoms with van der Waals surface area (Å²) >= 11 is 0. The van der Waals surface area contributed by atoms with Crippen molar-refractivity contribution in [1.29, 1.82) is 0 Å². The van der Waals surface area contributed by atoms with E-state index in [1.807, 2.05) is 24.9 Å². The molecule has 0 aliphatic carbocycles. The van der Waals surface area contributed by atoms with E-state index in [1.54, 1.807) is 4.68 Å². The van der Waals surface area contributed by atoms with E-state index in [4.69, 9.17) is 0 Å². The van der Waals surface area contributed by atoms with Crippen LogP contribution < -0.4 is 0 Å². The number of carbonyl (C=O) groups excluding carboxylic acids is 1. The lowest BCUT2D eigenvalue weighted by molar-refractivity contribution is 0.0776. The molecule has 6 heteroatoms. The molecule has 0 N–H and O–H groups in total. The number of nitrogens with zero attached hydrogens (tertiary/aromatic N) is 5. The van der Waals surface area contributed by atoms with Crippen LogP contribution in [0.3, 0.4) is 0 Å². The van der Waals surface area contributed by atoms with Gasteiger partial charge in [-0.05, 0) is 38.3 Å². The summed E-state index contributed by atoms with van der Waals surface area (Å²) in [6.45, 7) is 9.73. The van der Waals surface area contributed by atoms with Crippen LogP contribution in [0.5, 0.6) is 0 Å². The zero-order valence-electron chi connectivity index (χ0n) is 14.6. The number of likely N-dealkylation sites (tertiary alicyclic amines) is 1. The minimum atomic E-state index is 0.0657. The largest absolute Gasteiger partial charge is 0.335 e. The first kappa shape index (κ1) is 15.8. The smallest absolute Gasteiger partial charge is 0.272 e. The van der Waals surface area contributed by atoms with Gasteiger partial charge in [0.05, 0.1) is 17.4 Å². The van der Waals surface area contributed by atoms with Gasteiger partial charge in [0.15, 0.2) is 0 Å². The second-order valence-corrected chi connectivity index (χ2v) is 6.80. The van der Waals surface area contributed by atoms with Gasteiger partial charge in [-0.15, -0.1) is 0 Å². The van der Waals surface area contributed by atoms with Crippen LogP contribution in [0.4, 0.5) is 0 Å². The molecule has 0 radical (unpaired) electrons. The molecule has 6 nitrogen and oxygen atoms in total. The van der Waals surface area contributed by atoms with E-state index in [0.717, 1.165) is 30.0 Å². The summed E-state index contributed by atoms with van der Waals surface area (Å²) < 4.78 is 3.76. The summed E-state index contributed by atoms with van der Waals surface area (Å²) in [6, 6.07) is 4.27. The van der Waals surface area contributed by atoms with Crippen LogP contribution in [0.25, 0.3) is 0 Å². The average molecular weight is 315 g/mol. The quantitative estimate of drug-likeness (QED) is 0.874. The van der Waals surface area contributed by atoms with Gasteiger partial charge in [-0.1, -0.05) is 13.8 Å². The van der Waals surface area contributed by atoms with Gasteiger partial charge < -0.3 is 4.90 Å². The van der Waals surface area contributed by atoms with Crippen LogP contribution in [0.1, 0.15) is 59.8 Å². The Morgan fingerprint density at radius 3 is 2.57 bits per heavy atom. The third-order valence-electron chi connectivity index (χ3n) is 4.55. The standard InChI is InChI=1S/C17H25N5O/c1-11(2)15-9-16(20(5)19-15)17(23)21-7-6-14(10-21)22-13(4)8-12(3)18-22/h8-9,11,14H,6-7,10H2,1-5H3/t14-/m0/s1. The number of aryl methyl sites for hydroxylation is 3. The molecule has 1 atom stereocenters. The van der Waals surface area contributed by atoms with Crippen LogP contribution in [0, 0.1) is 13.8 Å². The summed E-state index contributed by atoms with van der Waals surface area (Å²) in [5.74, 6) is 0.389. The van der Waals surface area contributed by atoms with Gasteiger partial charge in [-0.2, -0.15) is 10.2 Å². The fourth-order valence-corrected chi connectivity index (χ4v) is 3.28. The molecular weight excluding hydrogens is 290 g/mol. The van der Waals surface area contributed by atoms with Gasteiger partial charge in [0, 0.05) is 25.8 Å². The zero-order chi connectivity index (χ0) is 16.7. The molecular formula is C17H25N5O. The first-order valence-corrected chi connectivity index (χ1v) is 8.22. The Labute approximate surface area is 137 Å². The van der Waals surface area contributed by atoms with Gasteiger partial charge in [0.2, 0.25) is 0 Å². The second kappa shape index (κ2) is 5.83. The molecule has 1 aliphatic rings. The van der Waals surface area contributed by atoms with Crippen LogP contribution in [-0.4, -0.2) is 43.5 Å². The predicted molar refractivity (Wildman–Crippen MR) is 88.6 cm³/mol. The SMILES string of the molecule is Cc1cc(C)n([C@H]2CCN(C(=O)c3cc(C(C)C)nn3C)C2)n1. The fourth-order valence-electron chi connectivity index (χ4n) is 3.28. The van der Waals surface area contributed by atoms with Gasteiger partial charge in [0.1, 0.15) is 5.69 Å². The van der Waals surface area contributed by atoms with Gasteiger partial charge >= 0.3 is 0 Å². The van der Waals surface area contributed by atoms with Crippen LogP contribution >= 0.6 is 0 Å². The number of hydrogen-bond donors (Lipinski definition) is 0. The van der Waals surface area contributed by atoms with Crippen LogP contribution in [0.15, 0.2) is 12.1 Å². The highest BCUT2D eigenvalue weighted by molar-refractivity contribution is 5.93. The number of rotatable bonds is 3. The maximum Gasteiger partial charge on any atom is 0.272 e. The molecule has 1 fully saturated rings. The normalized spacial score (nSPS) is 18.2. The number of amides is 1. The monoisotopic (exact) mass is 315 g/mol. The molecule has 23 heavy (non-hydrogen) atoms. The van der Waals surface area contributed by atoms with Gasteiger partial charge in [-0.3, -0.25) is 14.2 Å². The van der Waals surface area contributed by atoms with Crippen molar-refractivity contribution in [3.8, 4) is 0 Å². The Balaban J connectivity index is 1.76. The van der Waals surface area contributed by atoms with Crippen molar-refractivity contribution in [2.24, 2.45) is 7.05 Å². The van der Waals surface area contributed by atoms with Crippen molar-refractivity contribution >= 4 is 5.91 Å². The summed E-state index contributed by atoms with van der Waals surface area (Å²) in [5.41, 5.74) is 3.82. The lowest BCUT2D eigenvalue weighted by Crippen LogP contribution is -2.30. The summed E-state index contributed by atoms with van der Waals surface area (Å²) in [6.07, 6.45) is 0.947. The number of aromatic nitrogens is 4. The van der Waals surface area contributed by atoms with Crippen molar-refractivity contribution in [2.45, 2.75) is 46.1 Å². The maximum absolute atomic E-state index is 12.8. The highest BCUT2D eigenvalue weighted by Crippen LogP contribution is 2.25. The molecule has 1 aliphatic heterocycles. The fraction of sp³-hybridized carbons (Fsp3) is 0.588.